The lowest BCUT2D eigenvalue weighted by Crippen LogP contribution is -2.22. The lowest BCUT2D eigenvalue weighted by Gasteiger charge is -2.19. The molecule has 0 aliphatic heterocycles. The van der Waals surface area contributed by atoms with Crippen LogP contribution in [0.3, 0.4) is 0 Å². The maximum Gasteiger partial charge on any atom is 0.698 e. The monoisotopic (exact) mass is 329 g/mol. The Kier molecular flexibility index (Phi) is 7.64. The van der Waals surface area contributed by atoms with Gasteiger partial charge in [0.25, 0.3) is 0 Å². The molecule has 0 heterocycles. The van der Waals surface area contributed by atoms with E-state index in [1.165, 1.54) is 12.8 Å². The molecule has 0 radical (unpaired) electrons. The molecule has 0 N–H and O–H groups in total. The molecule has 0 saturated heterocycles. The highest BCUT2D eigenvalue weighted by atomic mass is 31.1. The molecule has 2 aliphatic rings. The average Bonchev–Trinajstić information content (AvgIpc) is 2.59. The van der Waals surface area contributed by atoms with Gasteiger partial charge in [0.2, 0.25) is 0 Å². The van der Waals surface area contributed by atoms with Crippen LogP contribution < -0.4 is 0 Å². The van der Waals surface area contributed by atoms with Crippen molar-refractivity contribution in [3.8, 4) is 0 Å². The molecule has 0 aromatic carbocycles. The van der Waals surface area contributed by atoms with E-state index in [4.69, 9.17) is 9.05 Å². The van der Waals surface area contributed by atoms with Crippen molar-refractivity contribution >= 4 is 19.8 Å². The number of ketones is 2. The summed E-state index contributed by atoms with van der Waals surface area (Å²) in [5.41, 5.74) is 0. The second-order valence-electron chi connectivity index (χ2n) is 6.37. The molecule has 0 aromatic rings. The first-order chi connectivity index (χ1) is 10.7. The van der Waals surface area contributed by atoms with Gasteiger partial charge in [-0.25, -0.2) is 0 Å². The van der Waals surface area contributed by atoms with Crippen LogP contribution in [0.5, 0.6) is 0 Å². The summed E-state index contributed by atoms with van der Waals surface area (Å²) in [6.07, 6.45) is 10.3. The first-order valence-electron chi connectivity index (χ1n) is 8.45. The molecule has 2 rings (SSSR count). The minimum absolute atomic E-state index is 0.00487. The molecule has 124 valence electrons. The van der Waals surface area contributed by atoms with Crippen LogP contribution in [0.4, 0.5) is 0 Å². The van der Waals surface area contributed by atoms with Crippen LogP contribution >= 0.6 is 8.25 Å². The Morgan fingerprint density at radius 1 is 0.727 bits per heavy atom. The average molecular weight is 329 g/mol. The molecule has 2 fully saturated rings. The van der Waals surface area contributed by atoms with Crippen LogP contribution in [-0.4, -0.2) is 24.8 Å². The minimum atomic E-state index is -2.38. The summed E-state index contributed by atoms with van der Waals surface area (Å²) in [4.78, 5) is 23.8. The molecule has 5 nitrogen and oxygen atoms in total. The van der Waals surface area contributed by atoms with Crippen LogP contribution in [0.25, 0.3) is 0 Å². The second kappa shape index (κ2) is 9.49. The predicted octanol–water partition coefficient (Wildman–Crippen LogP) is 3.98. The van der Waals surface area contributed by atoms with Crippen LogP contribution in [0.2, 0.25) is 0 Å². The quantitative estimate of drug-likeness (QED) is 0.630. The van der Waals surface area contributed by atoms with Gasteiger partial charge in [0.1, 0.15) is 0 Å². The van der Waals surface area contributed by atoms with E-state index in [0.717, 1.165) is 51.4 Å². The number of hydrogen-bond acceptors (Lipinski definition) is 5. The third-order valence-corrected chi connectivity index (χ3v) is 5.43. The topological polar surface area (TPSA) is 69.7 Å². The Morgan fingerprint density at radius 3 is 1.45 bits per heavy atom. The highest BCUT2D eigenvalue weighted by molar-refractivity contribution is 7.33. The van der Waals surface area contributed by atoms with Gasteiger partial charge in [-0.05, 0) is 25.7 Å². The molecule has 0 bridgehead atoms. The Bertz CT molecular complexity index is 361. The van der Waals surface area contributed by atoms with E-state index in [-0.39, 0.29) is 36.6 Å². The number of hydrogen-bond donors (Lipinski definition) is 0. The van der Waals surface area contributed by atoms with Crippen molar-refractivity contribution in [3.05, 3.63) is 0 Å². The Balaban J connectivity index is 1.60. The summed E-state index contributed by atoms with van der Waals surface area (Å²) >= 11 is 0. The van der Waals surface area contributed by atoms with E-state index in [9.17, 15) is 14.2 Å². The minimum Gasteiger partial charge on any atom is -0.297 e. The van der Waals surface area contributed by atoms with Crippen molar-refractivity contribution in [1.29, 1.82) is 0 Å². The van der Waals surface area contributed by atoms with Crippen molar-refractivity contribution < 1.29 is 23.2 Å². The van der Waals surface area contributed by atoms with Gasteiger partial charge in [0.05, 0.1) is 0 Å². The standard InChI is InChI=1S/C16H26O5P/c17-15(13-7-3-1-4-8-13)11-20-22(19)21-12-16(18)14-9-5-2-6-10-14/h13-14H,1-12H2/q+1. The number of rotatable bonds is 8. The van der Waals surface area contributed by atoms with E-state index < -0.39 is 8.25 Å². The van der Waals surface area contributed by atoms with E-state index in [1.54, 1.807) is 0 Å². The fourth-order valence-corrected chi connectivity index (χ4v) is 3.89. The van der Waals surface area contributed by atoms with E-state index in [1.807, 2.05) is 0 Å². The van der Waals surface area contributed by atoms with Gasteiger partial charge in [0.15, 0.2) is 24.8 Å². The molecule has 0 amide bonds. The van der Waals surface area contributed by atoms with Crippen molar-refractivity contribution in [2.45, 2.75) is 64.2 Å². The molecular weight excluding hydrogens is 303 g/mol. The zero-order valence-corrected chi connectivity index (χ0v) is 14.0. The fourth-order valence-electron chi connectivity index (χ4n) is 3.35. The summed E-state index contributed by atoms with van der Waals surface area (Å²) < 4.78 is 21.6. The largest absolute Gasteiger partial charge is 0.698 e. The van der Waals surface area contributed by atoms with Crippen molar-refractivity contribution in [2.24, 2.45) is 11.8 Å². The summed E-state index contributed by atoms with van der Waals surface area (Å²) in [6.45, 7) is -0.338. The number of carbonyl (C=O) groups is 2. The Labute approximate surface area is 133 Å². The fraction of sp³-hybridized carbons (Fsp3) is 0.875. The first kappa shape index (κ1) is 17.7. The zero-order chi connectivity index (χ0) is 15.8. The summed E-state index contributed by atoms with van der Waals surface area (Å²) in [5, 5.41) is 0. The van der Waals surface area contributed by atoms with Gasteiger partial charge in [-0.2, -0.15) is 0 Å². The molecular formula is C16H26O5P+. The number of Topliss-reactive ketones (excluding diaryl/α,β-unsaturated/α-hetero) is 2. The normalized spacial score (nSPS) is 20.7. The van der Waals surface area contributed by atoms with Gasteiger partial charge in [-0.1, -0.05) is 38.5 Å². The molecule has 0 unspecified atom stereocenters. The van der Waals surface area contributed by atoms with Crippen LogP contribution in [0.15, 0.2) is 0 Å². The Morgan fingerprint density at radius 2 is 1.09 bits per heavy atom. The maximum atomic E-state index is 11.9. The lowest BCUT2D eigenvalue weighted by atomic mass is 9.86. The Hall–Kier alpha value is -0.640. The molecule has 0 spiro atoms. The maximum absolute atomic E-state index is 11.9. The van der Waals surface area contributed by atoms with Crippen LogP contribution in [0, 0.1) is 11.8 Å². The highest BCUT2D eigenvalue weighted by Gasteiger charge is 2.30. The lowest BCUT2D eigenvalue weighted by molar-refractivity contribution is -0.126. The molecule has 2 aliphatic carbocycles. The van der Waals surface area contributed by atoms with Gasteiger partial charge in [0, 0.05) is 16.4 Å². The molecule has 2 saturated carbocycles. The van der Waals surface area contributed by atoms with Gasteiger partial charge >= 0.3 is 8.25 Å². The smallest absolute Gasteiger partial charge is 0.297 e. The molecule has 0 aromatic heterocycles. The number of carbonyl (C=O) groups excluding carboxylic acids is 2. The van der Waals surface area contributed by atoms with Gasteiger partial charge in [-0.15, -0.1) is 9.05 Å². The summed E-state index contributed by atoms with van der Waals surface area (Å²) in [6, 6.07) is 0. The van der Waals surface area contributed by atoms with Crippen LogP contribution in [-0.2, 0) is 23.2 Å². The molecule has 22 heavy (non-hydrogen) atoms. The van der Waals surface area contributed by atoms with E-state index in [0.29, 0.717) is 0 Å². The van der Waals surface area contributed by atoms with E-state index in [2.05, 4.69) is 0 Å². The first-order valence-corrected chi connectivity index (χ1v) is 9.55. The second-order valence-corrected chi connectivity index (χ2v) is 7.34. The third-order valence-electron chi connectivity index (χ3n) is 4.75. The summed E-state index contributed by atoms with van der Waals surface area (Å²) in [7, 11) is -2.38. The van der Waals surface area contributed by atoms with Gasteiger partial charge < -0.3 is 0 Å². The zero-order valence-electron chi connectivity index (χ0n) is 13.1. The van der Waals surface area contributed by atoms with Crippen molar-refractivity contribution in [3.63, 3.8) is 0 Å². The van der Waals surface area contributed by atoms with Crippen LogP contribution in [0.1, 0.15) is 64.2 Å². The van der Waals surface area contributed by atoms with Gasteiger partial charge in [-0.3, -0.25) is 9.59 Å². The van der Waals surface area contributed by atoms with Crippen molar-refractivity contribution in [1.82, 2.24) is 0 Å². The van der Waals surface area contributed by atoms with Crippen molar-refractivity contribution in [2.75, 3.05) is 13.2 Å². The molecule has 0 atom stereocenters. The summed E-state index contributed by atoms with van der Waals surface area (Å²) in [5.74, 6) is 0.0950. The predicted molar refractivity (Wildman–Crippen MR) is 82.7 cm³/mol. The highest BCUT2D eigenvalue weighted by Crippen LogP contribution is 2.29. The third kappa shape index (κ3) is 5.86. The molecule has 6 heteroatoms. The SMILES string of the molecule is O=C(CO[P+](=O)OCC(=O)C1CCCCC1)C1CCCCC1. The van der Waals surface area contributed by atoms with E-state index >= 15 is 0 Å².